The Morgan fingerprint density at radius 3 is 2.00 bits per heavy atom. The molecule has 0 spiro atoms. The van der Waals surface area contributed by atoms with Gasteiger partial charge in [0.15, 0.2) is 0 Å². The van der Waals surface area contributed by atoms with Crippen LogP contribution in [0.4, 0.5) is 0 Å². The summed E-state index contributed by atoms with van der Waals surface area (Å²) in [6.45, 7) is 1.32. The molecule has 1 amide bonds. The van der Waals surface area contributed by atoms with Crippen molar-refractivity contribution in [1.82, 2.24) is 10.6 Å². The zero-order chi connectivity index (χ0) is 19.3. The molecule has 0 bridgehead atoms. The van der Waals surface area contributed by atoms with Crippen LogP contribution < -0.4 is 15.4 Å². The normalized spacial score (nSPS) is 15.6. The Balaban J connectivity index is 1.75. The number of carbonyl (C=O) groups is 2. The van der Waals surface area contributed by atoms with Gasteiger partial charge in [0.25, 0.3) is 5.91 Å². The minimum Gasteiger partial charge on any atom is -0.497 e. The number of hydrogen-bond donors (Lipinski definition) is 2. The number of piperidine rings is 1. The van der Waals surface area contributed by atoms with Crippen molar-refractivity contribution in [1.29, 1.82) is 0 Å². The van der Waals surface area contributed by atoms with Gasteiger partial charge in [-0.15, -0.1) is 0 Å². The predicted octanol–water partition coefficient (Wildman–Crippen LogP) is 2.39. The minimum absolute atomic E-state index is 0.274. The maximum Gasteiger partial charge on any atom is 0.331 e. The highest BCUT2D eigenvalue weighted by atomic mass is 16.5. The molecule has 0 aromatic heterocycles. The van der Waals surface area contributed by atoms with Crippen LogP contribution in [0, 0.1) is 0 Å². The molecule has 142 valence electrons. The van der Waals surface area contributed by atoms with Crippen LogP contribution in [-0.2, 0) is 9.53 Å². The lowest BCUT2D eigenvalue weighted by Crippen LogP contribution is -2.59. The Kier molecular flexibility index (Phi) is 5.76. The van der Waals surface area contributed by atoms with Crippen LogP contribution in [0.3, 0.4) is 0 Å². The van der Waals surface area contributed by atoms with Crippen molar-refractivity contribution in [3.63, 3.8) is 0 Å². The molecule has 0 radical (unpaired) electrons. The van der Waals surface area contributed by atoms with E-state index in [0.717, 1.165) is 16.9 Å². The smallest absolute Gasteiger partial charge is 0.331 e. The highest BCUT2D eigenvalue weighted by Crippen LogP contribution is 2.24. The van der Waals surface area contributed by atoms with Gasteiger partial charge in [0, 0.05) is 5.56 Å². The third-order valence-corrected chi connectivity index (χ3v) is 4.96. The van der Waals surface area contributed by atoms with E-state index in [0.29, 0.717) is 31.5 Å². The third-order valence-electron chi connectivity index (χ3n) is 4.96. The molecule has 1 aliphatic heterocycles. The van der Waals surface area contributed by atoms with Crippen molar-refractivity contribution in [2.75, 3.05) is 27.3 Å². The molecule has 0 atom stereocenters. The van der Waals surface area contributed by atoms with Crippen molar-refractivity contribution < 1.29 is 19.1 Å². The van der Waals surface area contributed by atoms with E-state index in [1.54, 1.807) is 19.2 Å². The second-order valence-corrected chi connectivity index (χ2v) is 6.58. The van der Waals surface area contributed by atoms with Gasteiger partial charge in [-0.25, -0.2) is 4.79 Å². The van der Waals surface area contributed by atoms with Gasteiger partial charge in [-0.1, -0.05) is 24.3 Å². The predicted molar refractivity (Wildman–Crippen MR) is 103 cm³/mol. The molecule has 27 heavy (non-hydrogen) atoms. The molecule has 1 fully saturated rings. The quantitative estimate of drug-likeness (QED) is 0.793. The number of ether oxygens (including phenoxy) is 2. The number of rotatable bonds is 5. The lowest BCUT2D eigenvalue weighted by Gasteiger charge is -2.35. The van der Waals surface area contributed by atoms with E-state index < -0.39 is 11.5 Å². The van der Waals surface area contributed by atoms with Crippen LogP contribution in [0.15, 0.2) is 48.5 Å². The zero-order valence-corrected chi connectivity index (χ0v) is 15.6. The molecular formula is C21H24N2O4. The highest BCUT2D eigenvalue weighted by Gasteiger charge is 2.42. The average Bonchev–Trinajstić information content (AvgIpc) is 2.74. The molecule has 1 saturated heterocycles. The molecule has 6 nitrogen and oxygen atoms in total. The molecule has 0 unspecified atom stereocenters. The van der Waals surface area contributed by atoms with Gasteiger partial charge < -0.3 is 20.1 Å². The molecule has 1 aliphatic rings. The van der Waals surface area contributed by atoms with E-state index in [1.165, 1.54) is 7.11 Å². The van der Waals surface area contributed by atoms with E-state index >= 15 is 0 Å². The fraction of sp³-hybridized carbons (Fsp3) is 0.333. The van der Waals surface area contributed by atoms with Crippen LogP contribution in [0.5, 0.6) is 5.75 Å². The van der Waals surface area contributed by atoms with Gasteiger partial charge in [0.05, 0.1) is 14.2 Å². The molecule has 1 heterocycles. The van der Waals surface area contributed by atoms with E-state index in [1.807, 2.05) is 36.4 Å². The number of amides is 1. The molecule has 2 aromatic carbocycles. The van der Waals surface area contributed by atoms with Crippen LogP contribution >= 0.6 is 0 Å². The summed E-state index contributed by atoms with van der Waals surface area (Å²) in [5, 5.41) is 6.10. The number of hydrogen-bond acceptors (Lipinski definition) is 5. The Morgan fingerprint density at radius 1 is 0.926 bits per heavy atom. The minimum atomic E-state index is -0.967. The molecule has 3 rings (SSSR count). The van der Waals surface area contributed by atoms with Crippen LogP contribution in [0.25, 0.3) is 11.1 Å². The standard InChI is InChI=1S/C21H24N2O4/c1-26-18-9-7-16(8-10-18)15-3-5-17(6-4-15)19(24)23-21(20(25)27-2)11-13-22-14-12-21/h3-10,22H,11-14H2,1-2H3,(H,23,24). The maximum absolute atomic E-state index is 12.7. The lowest BCUT2D eigenvalue weighted by atomic mass is 9.88. The van der Waals surface area contributed by atoms with Crippen molar-refractivity contribution in [2.45, 2.75) is 18.4 Å². The first kappa shape index (κ1) is 18.9. The number of carbonyl (C=O) groups excluding carboxylic acids is 2. The summed E-state index contributed by atoms with van der Waals surface area (Å²) in [6, 6.07) is 15.0. The fourth-order valence-corrected chi connectivity index (χ4v) is 3.32. The number of esters is 1. The summed E-state index contributed by atoms with van der Waals surface area (Å²) in [5.74, 6) is 0.126. The summed E-state index contributed by atoms with van der Waals surface area (Å²) >= 11 is 0. The van der Waals surface area contributed by atoms with Gasteiger partial charge in [-0.2, -0.15) is 0 Å². The summed E-state index contributed by atoms with van der Waals surface area (Å²) in [4.78, 5) is 25.0. The maximum atomic E-state index is 12.7. The van der Waals surface area contributed by atoms with Gasteiger partial charge in [-0.3, -0.25) is 4.79 Å². The number of nitrogens with one attached hydrogen (secondary N) is 2. The van der Waals surface area contributed by atoms with Gasteiger partial charge in [-0.05, 0) is 61.3 Å². The summed E-state index contributed by atoms with van der Waals surface area (Å²) < 4.78 is 10.1. The van der Waals surface area contributed by atoms with E-state index in [4.69, 9.17) is 9.47 Å². The largest absolute Gasteiger partial charge is 0.497 e. The first-order chi connectivity index (χ1) is 13.1. The first-order valence-electron chi connectivity index (χ1n) is 8.94. The van der Waals surface area contributed by atoms with Gasteiger partial charge in [0.2, 0.25) is 0 Å². The van der Waals surface area contributed by atoms with Crippen molar-refractivity contribution in [2.24, 2.45) is 0 Å². The summed E-state index contributed by atoms with van der Waals surface area (Å²) in [5.41, 5.74) is 1.58. The molecule has 0 saturated carbocycles. The monoisotopic (exact) mass is 368 g/mol. The Hall–Kier alpha value is -2.86. The van der Waals surface area contributed by atoms with Crippen molar-refractivity contribution >= 4 is 11.9 Å². The fourth-order valence-electron chi connectivity index (χ4n) is 3.32. The molecule has 2 aromatic rings. The van der Waals surface area contributed by atoms with E-state index in [-0.39, 0.29) is 5.91 Å². The molecule has 0 aliphatic carbocycles. The SMILES string of the molecule is COC(=O)C1(NC(=O)c2ccc(-c3ccc(OC)cc3)cc2)CCNCC1. The third kappa shape index (κ3) is 4.11. The molecule has 6 heteroatoms. The van der Waals surface area contributed by atoms with E-state index in [2.05, 4.69) is 10.6 Å². The number of benzene rings is 2. The average molecular weight is 368 g/mol. The topological polar surface area (TPSA) is 76.7 Å². The molecular weight excluding hydrogens is 344 g/mol. The summed E-state index contributed by atoms with van der Waals surface area (Å²) in [7, 11) is 2.98. The molecule has 2 N–H and O–H groups in total. The lowest BCUT2D eigenvalue weighted by molar-refractivity contribution is -0.149. The second kappa shape index (κ2) is 8.22. The summed E-state index contributed by atoms with van der Waals surface area (Å²) in [6.07, 6.45) is 1.02. The van der Waals surface area contributed by atoms with Crippen molar-refractivity contribution in [3.05, 3.63) is 54.1 Å². The highest BCUT2D eigenvalue weighted by molar-refractivity contribution is 5.98. The Morgan fingerprint density at radius 2 is 1.48 bits per heavy atom. The Labute approximate surface area is 158 Å². The first-order valence-corrected chi connectivity index (χ1v) is 8.94. The van der Waals surface area contributed by atoms with Gasteiger partial charge in [0.1, 0.15) is 11.3 Å². The van der Waals surface area contributed by atoms with Crippen LogP contribution in [0.2, 0.25) is 0 Å². The number of methoxy groups -OCH3 is 2. The Bertz CT molecular complexity index is 794. The van der Waals surface area contributed by atoms with Crippen LogP contribution in [0.1, 0.15) is 23.2 Å². The second-order valence-electron chi connectivity index (χ2n) is 6.58. The van der Waals surface area contributed by atoms with E-state index in [9.17, 15) is 9.59 Å². The zero-order valence-electron chi connectivity index (χ0n) is 15.6. The van der Waals surface area contributed by atoms with Crippen molar-refractivity contribution in [3.8, 4) is 16.9 Å². The van der Waals surface area contributed by atoms with Crippen LogP contribution in [-0.4, -0.2) is 44.7 Å². The van der Waals surface area contributed by atoms with Gasteiger partial charge >= 0.3 is 5.97 Å².